The molecule has 3 N–H and O–H groups in total. The summed E-state index contributed by atoms with van der Waals surface area (Å²) in [5.74, 6) is -1.57. The van der Waals surface area contributed by atoms with Crippen molar-refractivity contribution >= 4 is 46.4 Å². The van der Waals surface area contributed by atoms with Crippen molar-refractivity contribution in [3.63, 3.8) is 0 Å². The number of nitrogens with one attached hydrogen (secondary N) is 1. The zero-order valence-electron chi connectivity index (χ0n) is 13.0. The minimum Gasteiger partial charge on any atom is -0.452 e. The second-order valence-electron chi connectivity index (χ2n) is 5.35. The second kappa shape index (κ2) is 6.82. The van der Waals surface area contributed by atoms with Crippen LogP contribution in [0.4, 0.5) is 17.1 Å². The molecule has 0 bridgehead atoms. The third kappa shape index (κ3) is 3.56. The Kier molecular flexibility index (Phi) is 4.58. The molecule has 0 atom stereocenters. The van der Waals surface area contributed by atoms with Gasteiger partial charge in [0.25, 0.3) is 5.91 Å². The Balaban J connectivity index is 1.71. The van der Waals surface area contributed by atoms with E-state index < -0.39 is 18.5 Å². The van der Waals surface area contributed by atoms with Crippen LogP contribution in [0.15, 0.2) is 42.5 Å². The van der Waals surface area contributed by atoms with Gasteiger partial charge in [0.15, 0.2) is 6.61 Å². The predicted octanol–water partition coefficient (Wildman–Crippen LogP) is 2.06. The molecule has 8 heteroatoms. The number of nitrogen functional groups attached to an aromatic ring is 1. The molecule has 3 rings (SSSR count). The third-order valence-corrected chi connectivity index (χ3v) is 3.87. The molecule has 1 heterocycles. The monoisotopic (exact) mass is 359 g/mol. The zero-order chi connectivity index (χ0) is 18.0. The zero-order valence-corrected chi connectivity index (χ0v) is 13.7. The molecule has 2 aromatic rings. The molecule has 1 aliphatic heterocycles. The van der Waals surface area contributed by atoms with Crippen LogP contribution >= 0.6 is 11.6 Å². The van der Waals surface area contributed by atoms with E-state index in [0.717, 1.165) is 0 Å². The molecule has 2 aromatic carbocycles. The van der Waals surface area contributed by atoms with Gasteiger partial charge in [-0.05, 0) is 30.3 Å². The first-order chi connectivity index (χ1) is 12.0. The van der Waals surface area contributed by atoms with Crippen LogP contribution in [0.3, 0.4) is 0 Å². The van der Waals surface area contributed by atoms with Gasteiger partial charge in [0.2, 0.25) is 5.91 Å². The van der Waals surface area contributed by atoms with Crippen LogP contribution in [0, 0.1) is 0 Å². The Morgan fingerprint density at radius 2 is 2.00 bits per heavy atom. The van der Waals surface area contributed by atoms with Crippen LogP contribution in [0.5, 0.6) is 0 Å². The van der Waals surface area contributed by atoms with Gasteiger partial charge in [0.05, 0.1) is 16.9 Å². The molecular weight excluding hydrogens is 346 g/mol. The van der Waals surface area contributed by atoms with Gasteiger partial charge in [-0.25, -0.2) is 4.79 Å². The lowest BCUT2D eigenvalue weighted by Crippen LogP contribution is -2.44. The van der Waals surface area contributed by atoms with E-state index in [1.54, 1.807) is 24.3 Å². The SMILES string of the molecule is Nc1cc(Cl)ccc1C(=O)OCC(=O)N1CC(=O)Nc2ccccc21. The van der Waals surface area contributed by atoms with Crippen molar-refractivity contribution in [2.24, 2.45) is 0 Å². The summed E-state index contributed by atoms with van der Waals surface area (Å²) in [5, 5.41) is 3.07. The van der Waals surface area contributed by atoms with Crippen molar-refractivity contribution in [2.75, 3.05) is 29.1 Å². The van der Waals surface area contributed by atoms with Gasteiger partial charge in [-0.15, -0.1) is 0 Å². The lowest BCUT2D eigenvalue weighted by Gasteiger charge is -2.28. The number of nitrogens with zero attached hydrogens (tertiary/aromatic N) is 1. The quantitative estimate of drug-likeness (QED) is 0.645. The van der Waals surface area contributed by atoms with Gasteiger partial charge in [-0.1, -0.05) is 23.7 Å². The van der Waals surface area contributed by atoms with E-state index >= 15 is 0 Å². The number of hydrogen-bond donors (Lipinski definition) is 2. The number of carbonyl (C=O) groups is 3. The Morgan fingerprint density at radius 3 is 2.76 bits per heavy atom. The maximum absolute atomic E-state index is 12.4. The van der Waals surface area contributed by atoms with Crippen LogP contribution in [0.25, 0.3) is 0 Å². The molecule has 0 radical (unpaired) electrons. The lowest BCUT2D eigenvalue weighted by molar-refractivity contribution is -0.124. The van der Waals surface area contributed by atoms with Gasteiger partial charge >= 0.3 is 5.97 Å². The summed E-state index contributed by atoms with van der Waals surface area (Å²) < 4.78 is 5.03. The number of para-hydroxylation sites is 2. The van der Waals surface area contributed by atoms with E-state index in [2.05, 4.69) is 5.32 Å². The first-order valence-corrected chi connectivity index (χ1v) is 7.75. The summed E-state index contributed by atoms with van der Waals surface area (Å²) in [4.78, 5) is 37.5. The molecule has 0 saturated carbocycles. The molecule has 0 saturated heterocycles. The van der Waals surface area contributed by atoms with Crippen LogP contribution in [-0.4, -0.2) is 30.9 Å². The van der Waals surface area contributed by atoms with Gasteiger partial charge in [0, 0.05) is 10.7 Å². The molecule has 128 valence electrons. The van der Waals surface area contributed by atoms with E-state index in [1.165, 1.54) is 23.1 Å². The number of nitrogens with two attached hydrogens (primary N) is 1. The number of ether oxygens (including phenoxy) is 1. The van der Waals surface area contributed by atoms with Crippen molar-refractivity contribution in [3.8, 4) is 0 Å². The first kappa shape index (κ1) is 16.8. The van der Waals surface area contributed by atoms with Crippen molar-refractivity contribution in [3.05, 3.63) is 53.1 Å². The molecule has 25 heavy (non-hydrogen) atoms. The normalized spacial score (nSPS) is 13.0. The second-order valence-corrected chi connectivity index (χ2v) is 5.79. The van der Waals surface area contributed by atoms with Crippen molar-refractivity contribution in [1.29, 1.82) is 0 Å². The Morgan fingerprint density at radius 1 is 1.24 bits per heavy atom. The summed E-state index contributed by atoms with van der Waals surface area (Å²) in [5.41, 5.74) is 7.08. The van der Waals surface area contributed by atoms with Crippen molar-refractivity contribution < 1.29 is 19.1 Å². The van der Waals surface area contributed by atoms with Crippen molar-refractivity contribution in [2.45, 2.75) is 0 Å². The number of esters is 1. The Hall–Kier alpha value is -3.06. The van der Waals surface area contributed by atoms with Crippen LogP contribution < -0.4 is 16.0 Å². The average Bonchev–Trinajstić information content (AvgIpc) is 2.58. The topological polar surface area (TPSA) is 102 Å². The number of anilines is 3. The number of hydrogen-bond acceptors (Lipinski definition) is 5. The van der Waals surface area contributed by atoms with E-state index in [9.17, 15) is 14.4 Å². The summed E-state index contributed by atoms with van der Waals surface area (Å²) in [6, 6.07) is 11.2. The fraction of sp³-hybridized carbons (Fsp3) is 0.118. The Bertz CT molecular complexity index is 869. The molecule has 7 nitrogen and oxygen atoms in total. The molecule has 0 aromatic heterocycles. The van der Waals surface area contributed by atoms with Crippen LogP contribution in [-0.2, 0) is 14.3 Å². The molecule has 1 aliphatic rings. The number of halogens is 1. The molecule has 0 fully saturated rings. The maximum Gasteiger partial charge on any atom is 0.340 e. The highest BCUT2D eigenvalue weighted by Gasteiger charge is 2.27. The van der Waals surface area contributed by atoms with Crippen molar-refractivity contribution in [1.82, 2.24) is 0 Å². The van der Waals surface area contributed by atoms with Gasteiger partial charge in [0.1, 0.15) is 6.54 Å². The number of fused-ring (bicyclic) bond motifs is 1. The highest BCUT2D eigenvalue weighted by molar-refractivity contribution is 6.31. The predicted molar refractivity (Wildman–Crippen MR) is 93.6 cm³/mol. The molecule has 0 spiro atoms. The third-order valence-electron chi connectivity index (χ3n) is 3.63. The van der Waals surface area contributed by atoms with Gasteiger partial charge in [-0.3, -0.25) is 14.5 Å². The number of carbonyl (C=O) groups excluding carboxylic acids is 3. The lowest BCUT2D eigenvalue weighted by atomic mass is 10.2. The summed E-state index contributed by atoms with van der Waals surface area (Å²) in [6.45, 7) is -0.654. The molecule has 0 aliphatic carbocycles. The number of rotatable bonds is 3. The highest BCUT2D eigenvalue weighted by Crippen LogP contribution is 2.29. The van der Waals surface area contributed by atoms with Gasteiger partial charge in [-0.2, -0.15) is 0 Å². The fourth-order valence-corrected chi connectivity index (χ4v) is 2.64. The maximum atomic E-state index is 12.4. The van der Waals surface area contributed by atoms with Gasteiger partial charge < -0.3 is 15.8 Å². The van der Waals surface area contributed by atoms with Crippen LogP contribution in [0.2, 0.25) is 5.02 Å². The first-order valence-electron chi connectivity index (χ1n) is 7.37. The summed E-state index contributed by atoms with van der Waals surface area (Å²) in [6.07, 6.45) is 0. The molecular formula is C17H14ClN3O4. The van der Waals surface area contributed by atoms with E-state index in [0.29, 0.717) is 16.4 Å². The molecule has 0 unspecified atom stereocenters. The standard InChI is InChI=1S/C17H14ClN3O4/c18-10-5-6-11(12(19)7-10)17(24)25-9-16(23)21-8-15(22)20-13-3-1-2-4-14(13)21/h1-7H,8-9,19H2,(H,20,22). The molecule has 2 amide bonds. The minimum absolute atomic E-state index is 0.119. The fourth-order valence-electron chi connectivity index (χ4n) is 2.46. The highest BCUT2D eigenvalue weighted by atomic mass is 35.5. The summed E-state index contributed by atoms with van der Waals surface area (Å²) >= 11 is 5.78. The summed E-state index contributed by atoms with van der Waals surface area (Å²) in [7, 11) is 0. The largest absolute Gasteiger partial charge is 0.452 e. The van der Waals surface area contributed by atoms with E-state index in [1.807, 2.05) is 0 Å². The van der Waals surface area contributed by atoms with Crippen LogP contribution in [0.1, 0.15) is 10.4 Å². The smallest absolute Gasteiger partial charge is 0.340 e. The van der Waals surface area contributed by atoms with E-state index in [-0.39, 0.29) is 23.7 Å². The average molecular weight is 360 g/mol. The number of amides is 2. The Labute approximate surface area is 148 Å². The minimum atomic E-state index is -0.739. The number of benzene rings is 2. The van der Waals surface area contributed by atoms with E-state index in [4.69, 9.17) is 22.1 Å².